The Morgan fingerprint density at radius 3 is 1.44 bits per heavy atom. The van der Waals surface area contributed by atoms with Crippen LogP contribution in [0.25, 0.3) is 56.5 Å². The van der Waals surface area contributed by atoms with Crippen molar-refractivity contribution in [2.75, 3.05) is 19.0 Å². The van der Waals surface area contributed by atoms with Gasteiger partial charge in [0.2, 0.25) is 0 Å². The second-order valence-electron chi connectivity index (χ2n) is 9.57. The van der Waals surface area contributed by atoms with Crippen LogP contribution in [0.4, 0.5) is 5.69 Å². The molecule has 0 fully saturated rings. The number of aromatic nitrogens is 6. The summed E-state index contributed by atoms with van der Waals surface area (Å²) in [6.07, 6.45) is 3.62. The highest BCUT2D eigenvalue weighted by Crippen LogP contribution is 2.35. The number of benzene rings is 3. The summed E-state index contributed by atoms with van der Waals surface area (Å²) >= 11 is 0. The summed E-state index contributed by atoms with van der Waals surface area (Å²) in [5.41, 5.74) is 8.31. The molecule has 4 aromatic heterocycles. The Kier molecular flexibility index (Phi) is 5.41. The van der Waals surface area contributed by atoms with Crippen molar-refractivity contribution in [2.24, 2.45) is 0 Å². The third-order valence-corrected chi connectivity index (χ3v) is 6.81. The second-order valence-corrected chi connectivity index (χ2v) is 9.57. The minimum atomic E-state index is 0.816. The first-order valence-corrected chi connectivity index (χ1v) is 12.8. The molecule has 0 radical (unpaired) electrons. The molecular weight excluding hydrogens is 482 g/mol. The fourth-order valence-electron chi connectivity index (χ4n) is 4.98. The summed E-state index contributed by atoms with van der Waals surface area (Å²) in [6, 6.07) is 34.8. The molecule has 188 valence electrons. The van der Waals surface area contributed by atoms with Crippen molar-refractivity contribution in [3.05, 3.63) is 116 Å². The van der Waals surface area contributed by atoms with E-state index in [-0.39, 0.29) is 0 Å². The van der Waals surface area contributed by atoms with Crippen LogP contribution in [0.3, 0.4) is 0 Å². The first kappa shape index (κ1) is 22.9. The average Bonchev–Trinajstić information content (AvgIpc) is 3.57. The Hall–Kier alpha value is -5.30. The summed E-state index contributed by atoms with van der Waals surface area (Å²) in [6.45, 7) is 0. The third kappa shape index (κ3) is 3.92. The van der Waals surface area contributed by atoms with Gasteiger partial charge in [0.25, 0.3) is 0 Å². The second kappa shape index (κ2) is 9.22. The van der Waals surface area contributed by atoms with Crippen LogP contribution in [-0.2, 0) is 0 Å². The molecule has 39 heavy (non-hydrogen) atoms. The van der Waals surface area contributed by atoms with E-state index in [1.54, 1.807) is 0 Å². The molecule has 7 aromatic rings. The van der Waals surface area contributed by atoms with Crippen molar-refractivity contribution in [1.29, 1.82) is 0 Å². The standard InChI is InChI=1S/C32H25N7/c1-37(2)26-20-22(29-35-27-15-9-17-33-31(27)38(29)24-11-5-3-6-12-24)19-23(21-26)30-36-28-16-10-18-34-32(28)39(30)25-13-7-4-8-14-25/h3-21H,1-2H3. The van der Waals surface area contributed by atoms with Gasteiger partial charge in [0.1, 0.15) is 22.7 Å². The molecule has 0 saturated carbocycles. The molecular formula is C32H25N7. The molecule has 0 aliphatic carbocycles. The summed E-state index contributed by atoms with van der Waals surface area (Å²) in [5.74, 6) is 1.64. The number of anilines is 1. The lowest BCUT2D eigenvalue weighted by Crippen LogP contribution is -2.09. The molecule has 0 aliphatic rings. The van der Waals surface area contributed by atoms with Crippen LogP contribution in [0.5, 0.6) is 0 Å². The first-order valence-electron chi connectivity index (χ1n) is 12.8. The van der Waals surface area contributed by atoms with Gasteiger partial charge in [0.15, 0.2) is 11.3 Å². The normalized spacial score (nSPS) is 11.3. The molecule has 0 saturated heterocycles. The van der Waals surface area contributed by atoms with E-state index in [0.29, 0.717) is 0 Å². The van der Waals surface area contributed by atoms with Gasteiger partial charge >= 0.3 is 0 Å². The van der Waals surface area contributed by atoms with E-state index in [2.05, 4.69) is 66.5 Å². The molecule has 7 nitrogen and oxygen atoms in total. The maximum absolute atomic E-state index is 5.06. The number of nitrogens with zero attached hydrogens (tertiary/aromatic N) is 7. The minimum absolute atomic E-state index is 0.816. The molecule has 0 unspecified atom stereocenters. The SMILES string of the molecule is CN(C)c1cc(-c2nc3cccnc3n2-c2ccccc2)cc(-c2nc3cccnc3n2-c2ccccc2)c1. The van der Waals surface area contributed by atoms with Crippen LogP contribution in [0.15, 0.2) is 116 Å². The fraction of sp³-hybridized carbons (Fsp3) is 0.0625. The maximum atomic E-state index is 5.06. The average molecular weight is 508 g/mol. The van der Waals surface area contributed by atoms with E-state index in [0.717, 1.165) is 62.2 Å². The van der Waals surface area contributed by atoms with Crippen molar-refractivity contribution in [1.82, 2.24) is 29.1 Å². The zero-order chi connectivity index (χ0) is 26.3. The predicted molar refractivity (Wildman–Crippen MR) is 156 cm³/mol. The first-order chi connectivity index (χ1) is 19.2. The molecule has 7 heteroatoms. The smallest absolute Gasteiger partial charge is 0.164 e. The monoisotopic (exact) mass is 507 g/mol. The van der Waals surface area contributed by atoms with Gasteiger partial charge in [0, 0.05) is 54.7 Å². The summed E-state index contributed by atoms with van der Waals surface area (Å²) in [5, 5.41) is 0. The molecule has 3 aromatic carbocycles. The molecule has 0 bridgehead atoms. The summed E-state index contributed by atoms with van der Waals surface area (Å²) in [7, 11) is 4.10. The lowest BCUT2D eigenvalue weighted by atomic mass is 10.1. The number of rotatable bonds is 5. The van der Waals surface area contributed by atoms with E-state index in [1.165, 1.54) is 0 Å². The van der Waals surface area contributed by atoms with Crippen molar-refractivity contribution in [3.8, 4) is 34.2 Å². The van der Waals surface area contributed by atoms with Crippen LogP contribution in [0.2, 0.25) is 0 Å². The lowest BCUT2D eigenvalue weighted by Gasteiger charge is -2.17. The molecule has 0 atom stereocenters. The van der Waals surface area contributed by atoms with Crippen molar-refractivity contribution < 1.29 is 0 Å². The largest absolute Gasteiger partial charge is 0.378 e. The van der Waals surface area contributed by atoms with E-state index in [4.69, 9.17) is 9.97 Å². The van der Waals surface area contributed by atoms with E-state index in [9.17, 15) is 0 Å². The fourth-order valence-corrected chi connectivity index (χ4v) is 4.98. The molecule has 4 heterocycles. The Morgan fingerprint density at radius 1 is 0.538 bits per heavy atom. The Balaban J connectivity index is 1.52. The van der Waals surface area contributed by atoms with Gasteiger partial charge in [0.05, 0.1) is 0 Å². The number of para-hydroxylation sites is 2. The molecule has 7 rings (SSSR count). The minimum Gasteiger partial charge on any atom is -0.378 e. The number of hydrogen-bond acceptors (Lipinski definition) is 5. The summed E-state index contributed by atoms with van der Waals surface area (Å²) in [4.78, 5) is 21.6. The quantitative estimate of drug-likeness (QED) is 0.264. The van der Waals surface area contributed by atoms with E-state index < -0.39 is 0 Å². The number of pyridine rings is 2. The zero-order valence-corrected chi connectivity index (χ0v) is 21.6. The predicted octanol–water partition coefficient (Wildman–Crippen LogP) is 6.55. The van der Waals surface area contributed by atoms with Gasteiger partial charge in [-0.05, 0) is 66.7 Å². The van der Waals surface area contributed by atoms with Gasteiger partial charge in [-0.25, -0.2) is 19.9 Å². The van der Waals surface area contributed by atoms with Crippen molar-refractivity contribution >= 4 is 28.0 Å². The van der Waals surface area contributed by atoms with Crippen molar-refractivity contribution in [3.63, 3.8) is 0 Å². The lowest BCUT2D eigenvalue weighted by molar-refractivity contribution is 1.06. The highest BCUT2D eigenvalue weighted by Gasteiger charge is 2.20. The van der Waals surface area contributed by atoms with Gasteiger partial charge in [-0.2, -0.15) is 0 Å². The Morgan fingerprint density at radius 2 is 1.00 bits per heavy atom. The number of fused-ring (bicyclic) bond motifs is 2. The highest BCUT2D eigenvalue weighted by molar-refractivity contribution is 5.85. The van der Waals surface area contributed by atoms with Crippen LogP contribution in [0.1, 0.15) is 0 Å². The van der Waals surface area contributed by atoms with E-state index >= 15 is 0 Å². The van der Waals surface area contributed by atoms with Crippen LogP contribution >= 0.6 is 0 Å². The molecule has 0 spiro atoms. The third-order valence-electron chi connectivity index (χ3n) is 6.81. The van der Waals surface area contributed by atoms with Crippen LogP contribution in [0, 0.1) is 0 Å². The molecule has 0 aliphatic heterocycles. The Bertz CT molecular complexity index is 1800. The Labute approximate surface area is 225 Å². The maximum Gasteiger partial charge on any atom is 0.164 e. The zero-order valence-electron chi connectivity index (χ0n) is 21.6. The molecule has 0 N–H and O–H groups in total. The number of imidazole rings is 2. The van der Waals surface area contributed by atoms with Gasteiger partial charge < -0.3 is 4.90 Å². The van der Waals surface area contributed by atoms with Crippen LogP contribution in [-0.4, -0.2) is 43.2 Å². The van der Waals surface area contributed by atoms with E-state index in [1.807, 2.05) is 87.2 Å². The van der Waals surface area contributed by atoms with Crippen LogP contribution < -0.4 is 4.90 Å². The summed E-state index contributed by atoms with van der Waals surface area (Å²) < 4.78 is 4.24. The van der Waals surface area contributed by atoms with Gasteiger partial charge in [-0.15, -0.1) is 0 Å². The van der Waals surface area contributed by atoms with Crippen molar-refractivity contribution in [2.45, 2.75) is 0 Å². The molecule has 0 amide bonds. The number of hydrogen-bond donors (Lipinski definition) is 0. The topological polar surface area (TPSA) is 64.7 Å². The van der Waals surface area contributed by atoms with Gasteiger partial charge in [-0.1, -0.05) is 36.4 Å². The van der Waals surface area contributed by atoms with Gasteiger partial charge in [-0.3, -0.25) is 9.13 Å². The highest BCUT2D eigenvalue weighted by atomic mass is 15.1.